The van der Waals surface area contributed by atoms with Gasteiger partial charge < -0.3 is 10.5 Å². The Hall–Kier alpha value is -2.01. The van der Waals surface area contributed by atoms with Crippen LogP contribution in [0.5, 0.6) is 0 Å². The molecule has 26 heavy (non-hydrogen) atoms. The monoisotopic (exact) mass is 378 g/mol. The molecule has 2 fully saturated rings. The van der Waals surface area contributed by atoms with Crippen LogP contribution in [-0.4, -0.2) is 65.0 Å². The predicted molar refractivity (Wildman–Crippen MR) is 96.2 cm³/mol. The van der Waals surface area contributed by atoms with E-state index in [1.807, 2.05) is 6.07 Å². The van der Waals surface area contributed by atoms with Crippen LogP contribution in [-0.2, 0) is 14.9 Å². The number of nitrogen functional groups attached to an aromatic ring is 1. The fourth-order valence-electron chi connectivity index (χ4n) is 3.48. The van der Waals surface area contributed by atoms with Gasteiger partial charge in [-0.25, -0.2) is 4.98 Å². The van der Waals surface area contributed by atoms with Crippen molar-refractivity contribution >= 4 is 16.0 Å². The van der Waals surface area contributed by atoms with Crippen LogP contribution >= 0.6 is 0 Å². The van der Waals surface area contributed by atoms with Gasteiger partial charge in [0.05, 0.1) is 18.5 Å². The number of pyridine rings is 1. The Bertz CT molecular complexity index is 878. The molecule has 0 spiro atoms. The van der Waals surface area contributed by atoms with E-state index in [-0.39, 0.29) is 6.54 Å². The van der Waals surface area contributed by atoms with Crippen LogP contribution in [0.3, 0.4) is 0 Å². The van der Waals surface area contributed by atoms with Gasteiger partial charge in [0.15, 0.2) is 0 Å². The maximum absolute atomic E-state index is 12.8. The minimum atomic E-state index is -3.45. The van der Waals surface area contributed by atoms with Crippen molar-refractivity contribution in [3.8, 4) is 11.1 Å². The van der Waals surface area contributed by atoms with Gasteiger partial charge in [0.1, 0.15) is 11.9 Å². The van der Waals surface area contributed by atoms with E-state index < -0.39 is 16.3 Å². The molecule has 3 N–H and O–H groups in total. The molecule has 0 aromatic carbocycles. The van der Waals surface area contributed by atoms with Gasteiger partial charge in [-0.05, 0) is 30.5 Å². The average molecular weight is 378 g/mol. The van der Waals surface area contributed by atoms with Crippen molar-refractivity contribution in [2.24, 2.45) is 0 Å². The van der Waals surface area contributed by atoms with Crippen LogP contribution in [0.2, 0.25) is 0 Å². The predicted octanol–water partition coefficient (Wildman–Crippen LogP) is 0.768. The molecule has 1 atom stereocenters. The number of nitrogens with one attached hydrogen (secondary N) is 1. The van der Waals surface area contributed by atoms with Crippen LogP contribution in [0.1, 0.15) is 24.6 Å². The number of nitrogens with zero attached hydrogens (tertiary/aromatic N) is 4. The van der Waals surface area contributed by atoms with E-state index >= 15 is 0 Å². The third kappa shape index (κ3) is 3.20. The zero-order chi connectivity index (χ0) is 18.1. The first-order valence-corrected chi connectivity index (χ1v) is 10.1. The minimum absolute atomic E-state index is 0.259. The molecule has 0 amide bonds. The summed E-state index contributed by atoms with van der Waals surface area (Å²) in [7, 11) is -3.45. The van der Waals surface area contributed by atoms with E-state index in [1.165, 1.54) is 4.31 Å². The molecule has 9 nitrogen and oxygen atoms in total. The summed E-state index contributed by atoms with van der Waals surface area (Å²) in [6, 6.07) is 3.60. The third-order valence-corrected chi connectivity index (χ3v) is 6.83. The van der Waals surface area contributed by atoms with E-state index in [4.69, 9.17) is 10.5 Å². The second kappa shape index (κ2) is 6.95. The summed E-state index contributed by atoms with van der Waals surface area (Å²) < 4.78 is 34.6. The summed E-state index contributed by atoms with van der Waals surface area (Å²) in [5.41, 5.74) is 8.23. The van der Waals surface area contributed by atoms with Gasteiger partial charge in [-0.1, -0.05) is 0 Å². The number of rotatable bonds is 4. The number of hydrogen-bond donors (Lipinski definition) is 2. The maximum atomic E-state index is 12.8. The lowest BCUT2D eigenvalue weighted by molar-refractivity contribution is -0.00617. The molecule has 10 heteroatoms. The van der Waals surface area contributed by atoms with Crippen molar-refractivity contribution in [3.05, 3.63) is 30.2 Å². The van der Waals surface area contributed by atoms with Gasteiger partial charge >= 0.3 is 0 Å². The molecule has 2 aromatic rings. The average Bonchev–Trinajstić information content (AvgIpc) is 3.34. The van der Waals surface area contributed by atoms with E-state index in [1.54, 1.807) is 22.8 Å². The Morgan fingerprint density at radius 1 is 1.23 bits per heavy atom. The number of anilines is 1. The highest BCUT2D eigenvalue weighted by atomic mass is 32.2. The Kier molecular flexibility index (Phi) is 4.65. The standard InChI is InChI=1S/C16H22N6O3S/c17-15-9-12(3-4-18-15)13-10-19-20-16(13)14-11-22(7-8-25-14)26(23,24)21-5-1-2-6-21/h3-4,9-10,14H,1-2,5-8,11H2,(H2,17,18)(H,19,20)/t14-/m1/s1. The van der Waals surface area contributed by atoms with Crippen molar-refractivity contribution in [1.82, 2.24) is 23.8 Å². The molecule has 2 aliphatic rings. The smallest absolute Gasteiger partial charge is 0.282 e. The summed E-state index contributed by atoms with van der Waals surface area (Å²) in [4.78, 5) is 4.00. The largest absolute Gasteiger partial charge is 0.384 e. The molecule has 140 valence electrons. The Balaban J connectivity index is 1.59. The first-order chi connectivity index (χ1) is 12.6. The molecule has 2 aromatic heterocycles. The molecule has 0 radical (unpaired) electrons. The highest BCUT2D eigenvalue weighted by Crippen LogP contribution is 2.32. The molecule has 0 unspecified atom stereocenters. The second-order valence-electron chi connectivity index (χ2n) is 6.50. The van der Waals surface area contributed by atoms with Crippen LogP contribution in [0, 0.1) is 0 Å². The maximum Gasteiger partial charge on any atom is 0.282 e. The van der Waals surface area contributed by atoms with Gasteiger partial charge in [-0.15, -0.1) is 0 Å². The van der Waals surface area contributed by atoms with Crippen molar-refractivity contribution in [2.45, 2.75) is 18.9 Å². The lowest BCUT2D eigenvalue weighted by Crippen LogP contribution is -2.48. The number of morpholine rings is 1. The fraction of sp³-hybridized carbons (Fsp3) is 0.500. The number of H-pyrrole nitrogens is 1. The van der Waals surface area contributed by atoms with Crippen LogP contribution in [0.4, 0.5) is 5.82 Å². The molecule has 2 aliphatic heterocycles. The van der Waals surface area contributed by atoms with Gasteiger partial charge in [0.2, 0.25) is 0 Å². The van der Waals surface area contributed by atoms with Gasteiger partial charge in [-0.3, -0.25) is 5.10 Å². The number of hydrogen-bond acceptors (Lipinski definition) is 6. The quantitative estimate of drug-likeness (QED) is 0.811. The number of ether oxygens (including phenoxy) is 1. The van der Waals surface area contributed by atoms with E-state index in [9.17, 15) is 8.42 Å². The SMILES string of the molecule is Nc1cc(-c2cn[nH]c2[C@H]2CN(S(=O)(=O)N3CCCC3)CCO2)ccn1. The summed E-state index contributed by atoms with van der Waals surface area (Å²) in [6.45, 7) is 2.15. The normalized spacial score (nSPS) is 22.7. The van der Waals surface area contributed by atoms with Gasteiger partial charge in [0, 0.05) is 37.9 Å². The highest BCUT2D eigenvalue weighted by molar-refractivity contribution is 7.86. The molecule has 0 aliphatic carbocycles. The molecule has 4 rings (SSSR count). The van der Waals surface area contributed by atoms with E-state index in [0.717, 1.165) is 29.7 Å². The van der Waals surface area contributed by atoms with Crippen molar-refractivity contribution in [1.29, 1.82) is 0 Å². The lowest BCUT2D eigenvalue weighted by atomic mass is 10.0. The van der Waals surface area contributed by atoms with Crippen molar-refractivity contribution in [2.75, 3.05) is 38.5 Å². The molecule has 4 heterocycles. The van der Waals surface area contributed by atoms with Gasteiger partial charge in [0.25, 0.3) is 10.2 Å². The topological polar surface area (TPSA) is 117 Å². The van der Waals surface area contributed by atoms with Crippen LogP contribution in [0.15, 0.2) is 24.5 Å². The summed E-state index contributed by atoms with van der Waals surface area (Å²) in [5, 5.41) is 7.09. The zero-order valence-electron chi connectivity index (χ0n) is 14.3. The number of aromatic nitrogens is 3. The summed E-state index contributed by atoms with van der Waals surface area (Å²) >= 11 is 0. The minimum Gasteiger partial charge on any atom is -0.384 e. The molecular weight excluding hydrogens is 356 g/mol. The van der Waals surface area contributed by atoms with Crippen molar-refractivity contribution < 1.29 is 13.2 Å². The third-order valence-electron chi connectivity index (χ3n) is 4.83. The van der Waals surface area contributed by atoms with Crippen LogP contribution in [0.25, 0.3) is 11.1 Å². The molecule has 0 saturated carbocycles. The molecule has 2 saturated heterocycles. The summed E-state index contributed by atoms with van der Waals surface area (Å²) in [6.07, 6.45) is 4.75. The first kappa shape index (κ1) is 17.4. The van der Waals surface area contributed by atoms with Gasteiger partial charge in [-0.2, -0.15) is 22.1 Å². The fourth-order valence-corrected chi connectivity index (χ4v) is 5.15. The molecule has 0 bridgehead atoms. The Labute approximate surface area is 152 Å². The summed E-state index contributed by atoms with van der Waals surface area (Å²) in [5.74, 6) is 0.414. The zero-order valence-corrected chi connectivity index (χ0v) is 15.2. The first-order valence-electron chi connectivity index (χ1n) is 8.68. The number of aromatic amines is 1. The van der Waals surface area contributed by atoms with Crippen molar-refractivity contribution in [3.63, 3.8) is 0 Å². The molecular formula is C16H22N6O3S. The second-order valence-corrected chi connectivity index (χ2v) is 8.43. The van der Waals surface area contributed by atoms with E-state index in [0.29, 0.717) is 32.1 Å². The number of nitrogens with two attached hydrogens (primary N) is 1. The van der Waals surface area contributed by atoms with Crippen LogP contribution < -0.4 is 5.73 Å². The Morgan fingerprint density at radius 2 is 2.04 bits per heavy atom. The van der Waals surface area contributed by atoms with E-state index in [2.05, 4.69) is 15.2 Å². The Morgan fingerprint density at radius 3 is 2.81 bits per heavy atom. The lowest BCUT2D eigenvalue weighted by Gasteiger charge is -2.34. The highest BCUT2D eigenvalue weighted by Gasteiger charge is 2.36.